The average molecular weight is 161 g/mol. The zero-order valence-corrected chi connectivity index (χ0v) is 6.57. The van der Waals surface area contributed by atoms with Gasteiger partial charge in [0.25, 0.3) is 0 Å². The van der Waals surface area contributed by atoms with Gasteiger partial charge >= 0.3 is 0 Å². The van der Waals surface area contributed by atoms with Crippen LogP contribution in [0.4, 0.5) is 0 Å². The highest BCUT2D eigenvalue weighted by molar-refractivity contribution is 6.63. The summed E-state index contributed by atoms with van der Waals surface area (Å²) < 4.78 is 0. The summed E-state index contributed by atoms with van der Waals surface area (Å²) in [4.78, 5) is 20.1. The van der Waals surface area contributed by atoms with E-state index in [1.54, 1.807) is 12.9 Å². The Kier molecular flexibility index (Phi) is 4.91. The first-order valence-corrected chi connectivity index (χ1v) is 3.43. The molecule has 0 heterocycles. The van der Waals surface area contributed by atoms with Crippen LogP contribution in [0.1, 0.15) is 26.2 Å². The van der Waals surface area contributed by atoms with Gasteiger partial charge in [-0.3, -0.25) is 4.79 Å². The third kappa shape index (κ3) is 5.54. The summed E-state index contributed by atoms with van der Waals surface area (Å²) >= 11 is 5.06. The highest BCUT2D eigenvalue weighted by atomic mass is 35.5. The van der Waals surface area contributed by atoms with Crippen molar-refractivity contribution >= 4 is 22.8 Å². The normalized spacial score (nSPS) is 8.60. The van der Waals surface area contributed by atoms with Crippen LogP contribution in [0.2, 0.25) is 0 Å². The molecule has 0 spiro atoms. The molecular weight excluding hydrogens is 152 g/mol. The number of halogens is 1. The number of rotatable bonds is 4. The molecule has 0 aromatic heterocycles. The van der Waals surface area contributed by atoms with Gasteiger partial charge in [0.1, 0.15) is 5.94 Å². The van der Waals surface area contributed by atoms with Crippen molar-refractivity contribution in [2.75, 3.05) is 0 Å². The summed E-state index contributed by atoms with van der Waals surface area (Å²) in [5.74, 6) is 1.75. The number of carbonyl (C=O) groups is 1. The smallest absolute Gasteiger partial charge is 0.221 e. The highest BCUT2D eigenvalue weighted by Crippen LogP contribution is 2.04. The molecule has 0 aromatic carbocycles. The third-order valence-corrected chi connectivity index (χ3v) is 1.29. The van der Waals surface area contributed by atoms with E-state index in [-0.39, 0.29) is 5.24 Å². The topological polar surface area (TPSA) is 34.1 Å². The Balaban J connectivity index is 3.38. The zero-order chi connectivity index (χ0) is 7.98. The molecular formula is C7H9ClO2. The van der Waals surface area contributed by atoms with Crippen molar-refractivity contribution in [3.05, 3.63) is 5.57 Å². The lowest BCUT2D eigenvalue weighted by molar-refractivity contribution is -0.111. The lowest BCUT2D eigenvalue weighted by Gasteiger charge is -1.91. The second kappa shape index (κ2) is 5.21. The van der Waals surface area contributed by atoms with Crippen LogP contribution in [0.25, 0.3) is 0 Å². The number of allylic oxidation sites excluding steroid dienone is 1. The minimum absolute atomic E-state index is 0.334. The fourth-order valence-electron chi connectivity index (χ4n) is 0.544. The SMILES string of the molecule is CC(=C=O)CCCC(=O)Cl. The van der Waals surface area contributed by atoms with Crippen molar-refractivity contribution in [2.24, 2.45) is 0 Å². The van der Waals surface area contributed by atoms with Gasteiger partial charge in [-0.1, -0.05) is 0 Å². The molecule has 0 unspecified atom stereocenters. The Bertz CT molecular complexity index is 168. The molecule has 0 aliphatic heterocycles. The number of hydrogen-bond acceptors (Lipinski definition) is 2. The van der Waals surface area contributed by atoms with Crippen LogP contribution in [-0.2, 0) is 9.59 Å². The van der Waals surface area contributed by atoms with Gasteiger partial charge < -0.3 is 0 Å². The fraction of sp³-hybridized carbons (Fsp3) is 0.571. The van der Waals surface area contributed by atoms with Gasteiger partial charge in [-0.25, -0.2) is 4.79 Å². The van der Waals surface area contributed by atoms with Gasteiger partial charge in [-0.05, 0) is 31.4 Å². The summed E-state index contributed by atoms with van der Waals surface area (Å²) in [6.45, 7) is 1.69. The summed E-state index contributed by atoms with van der Waals surface area (Å²) in [5.41, 5.74) is 0.637. The summed E-state index contributed by atoms with van der Waals surface area (Å²) in [7, 11) is 0. The second-order valence-electron chi connectivity index (χ2n) is 2.09. The van der Waals surface area contributed by atoms with Crippen LogP contribution in [-0.4, -0.2) is 11.2 Å². The van der Waals surface area contributed by atoms with E-state index < -0.39 is 0 Å². The summed E-state index contributed by atoms with van der Waals surface area (Å²) in [6, 6.07) is 0. The molecule has 0 saturated heterocycles. The highest BCUT2D eigenvalue weighted by Gasteiger charge is 1.96. The van der Waals surface area contributed by atoms with Crippen LogP contribution in [0, 0.1) is 0 Å². The van der Waals surface area contributed by atoms with Crippen molar-refractivity contribution in [1.82, 2.24) is 0 Å². The Labute approximate surface area is 64.9 Å². The predicted molar refractivity (Wildman–Crippen MR) is 39.6 cm³/mol. The lowest BCUT2D eigenvalue weighted by Crippen LogP contribution is -1.86. The first kappa shape index (κ1) is 9.41. The Hall–Kier alpha value is -0.590. The van der Waals surface area contributed by atoms with E-state index >= 15 is 0 Å². The zero-order valence-electron chi connectivity index (χ0n) is 5.82. The molecule has 0 N–H and O–H groups in total. The van der Waals surface area contributed by atoms with Crippen molar-refractivity contribution in [1.29, 1.82) is 0 Å². The van der Waals surface area contributed by atoms with Gasteiger partial charge in [0.2, 0.25) is 5.24 Å². The maximum Gasteiger partial charge on any atom is 0.221 e. The number of hydrogen-bond donors (Lipinski definition) is 0. The first-order chi connectivity index (χ1) is 4.66. The van der Waals surface area contributed by atoms with E-state index in [2.05, 4.69) is 0 Å². The quantitative estimate of drug-likeness (QED) is 0.464. The van der Waals surface area contributed by atoms with Gasteiger partial charge in [-0.15, -0.1) is 0 Å². The second-order valence-corrected chi connectivity index (χ2v) is 2.51. The van der Waals surface area contributed by atoms with E-state index in [1.807, 2.05) is 0 Å². The van der Waals surface area contributed by atoms with Gasteiger partial charge in [0.15, 0.2) is 0 Å². The molecule has 0 bridgehead atoms. The monoisotopic (exact) mass is 160 g/mol. The van der Waals surface area contributed by atoms with Crippen molar-refractivity contribution < 1.29 is 9.59 Å². The van der Waals surface area contributed by atoms with Gasteiger partial charge in [0.05, 0.1) is 0 Å². The van der Waals surface area contributed by atoms with E-state index in [0.29, 0.717) is 24.8 Å². The lowest BCUT2D eigenvalue weighted by atomic mass is 10.1. The van der Waals surface area contributed by atoms with Crippen LogP contribution in [0.5, 0.6) is 0 Å². The third-order valence-electron chi connectivity index (χ3n) is 1.10. The minimum Gasteiger partial charge on any atom is -0.281 e. The molecule has 2 nitrogen and oxygen atoms in total. The molecule has 0 rings (SSSR count). The van der Waals surface area contributed by atoms with Gasteiger partial charge in [-0.2, -0.15) is 0 Å². The Morgan fingerprint density at radius 2 is 2.10 bits per heavy atom. The average Bonchev–Trinajstić information content (AvgIpc) is 1.87. The van der Waals surface area contributed by atoms with Gasteiger partial charge in [0, 0.05) is 12.0 Å². The first-order valence-electron chi connectivity index (χ1n) is 3.05. The molecule has 10 heavy (non-hydrogen) atoms. The molecule has 0 fully saturated rings. The van der Waals surface area contributed by atoms with E-state index in [0.717, 1.165) is 0 Å². The molecule has 0 aliphatic carbocycles. The van der Waals surface area contributed by atoms with E-state index in [4.69, 9.17) is 11.6 Å². The van der Waals surface area contributed by atoms with Crippen LogP contribution in [0.3, 0.4) is 0 Å². The maximum atomic E-state index is 10.2. The van der Waals surface area contributed by atoms with E-state index in [1.165, 1.54) is 0 Å². The number of carbonyl (C=O) groups excluding carboxylic acids is 2. The van der Waals surface area contributed by atoms with Crippen molar-refractivity contribution in [3.63, 3.8) is 0 Å². The van der Waals surface area contributed by atoms with Crippen LogP contribution in [0.15, 0.2) is 5.57 Å². The molecule has 3 heteroatoms. The summed E-state index contributed by atoms with van der Waals surface area (Å²) in [6.07, 6.45) is 1.59. The predicted octanol–water partition coefficient (Wildman–Crippen LogP) is 1.70. The maximum absolute atomic E-state index is 10.2. The van der Waals surface area contributed by atoms with Crippen molar-refractivity contribution in [3.8, 4) is 0 Å². The fourth-order valence-corrected chi connectivity index (χ4v) is 0.677. The molecule has 56 valence electrons. The molecule has 0 atom stereocenters. The van der Waals surface area contributed by atoms with E-state index in [9.17, 15) is 9.59 Å². The molecule has 0 radical (unpaired) electrons. The largest absolute Gasteiger partial charge is 0.281 e. The Morgan fingerprint density at radius 1 is 1.50 bits per heavy atom. The van der Waals surface area contributed by atoms with Crippen LogP contribution < -0.4 is 0 Å². The molecule has 0 aromatic rings. The summed E-state index contributed by atoms with van der Waals surface area (Å²) in [5, 5.41) is -0.348. The molecule has 0 amide bonds. The molecule has 0 aliphatic rings. The van der Waals surface area contributed by atoms with Crippen molar-refractivity contribution in [2.45, 2.75) is 26.2 Å². The standard InChI is InChI=1S/C7H9ClO2/c1-6(5-9)3-2-4-7(8)10/h2-4H2,1H3. The molecule has 0 saturated carbocycles. The Morgan fingerprint density at radius 3 is 2.50 bits per heavy atom. The van der Waals surface area contributed by atoms with Crippen LogP contribution >= 0.6 is 11.6 Å². The minimum atomic E-state index is -0.348.